The summed E-state index contributed by atoms with van der Waals surface area (Å²) in [4.78, 5) is 2.72. The van der Waals surface area contributed by atoms with Crippen LogP contribution in [0.15, 0.2) is 12.1 Å². The number of aromatic hydroxyl groups is 2. The molecule has 2 N–H and O–H groups in total. The van der Waals surface area contributed by atoms with Crippen molar-refractivity contribution in [1.82, 2.24) is 4.90 Å². The van der Waals surface area contributed by atoms with Gasteiger partial charge in [-0.15, -0.1) is 0 Å². The standard InChI is InChI=1S/C16H21NO2/c18-15-8-6-11-12-2-1-9-17(10-3-4-10)14(12)7-5-13(11)16(15)19/h6,8,10,12,14,18-19H,1-5,7,9H2/t12-,14-/m0/s1. The maximum atomic E-state index is 10.1. The van der Waals surface area contributed by atoms with Gasteiger partial charge in [0.15, 0.2) is 11.5 Å². The van der Waals surface area contributed by atoms with E-state index >= 15 is 0 Å². The fourth-order valence-electron chi connectivity index (χ4n) is 4.21. The fourth-order valence-corrected chi connectivity index (χ4v) is 4.21. The molecule has 102 valence electrons. The number of piperidine rings is 1. The third-order valence-electron chi connectivity index (χ3n) is 5.23. The van der Waals surface area contributed by atoms with Crippen LogP contribution in [0.2, 0.25) is 0 Å². The van der Waals surface area contributed by atoms with Crippen molar-refractivity contribution in [3.05, 3.63) is 23.3 Å². The Morgan fingerprint density at radius 3 is 2.68 bits per heavy atom. The maximum absolute atomic E-state index is 10.1. The predicted octanol–water partition coefficient (Wildman–Crippen LogP) is 2.75. The summed E-state index contributed by atoms with van der Waals surface area (Å²) in [6, 6.07) is 5.20. The van der Waals surface area contributed by atoms with Crippen molar-refractivity contribution in [3.63, 3.8) is 0 Å². The minimum Gasteiger partial charge on any atom is -0.504 e. The van der Waals surface area contributed by atoms with Gasteiger partial charge in [-0.1, -0.05) is 6.07 Å². The second-order valence-corrected chi connectivity index (χ2v) is 6.32. The van der Waals surface area contributed by atoms with Crippen LogP contribution in [0.4, 0.5) is 0 Å². The summed E-state index contributed by atoms with van der Waals surface area (Å²) in [6.07, 6.45) is 7.27. The van der Waals surface area contributed by atoms with E-state index in [9.17, 15) is 10.2 Å². The molecule has 0 amide bonds. The van der Waals surface area contributed by atoms with Crippen LogP contribution >= 0.6 is 0 Å². The normalized spacial score (nSPS) is 30.7. The molecule has 0 unspecified atom stereocenters. The molecule has 0 bridgehead atoms. The summed E-state index contributed by atoms with van der Waals surface area (Å²) in [5, 5.41) is 19.7. The van der Waals surface area contributed by atoms with Gasteiger partial charge in [0, 0.05) is 17.6 Å². The molecule has 2 fully saturated rings. The number of phenols is 2. The molecule has 4 rings (SSSR count). The summed E-state index contributed by atoms with van der Waals surface area (Å²) in [5.41, 5.74) is 2.29. The van der Waals surface area contributed by atoms with Gasteiger partial charge in [0.2, 0.25) is 0 Å². The molecule has 1 aromatic rings. The molecule has 0 radical (unpaired) electrons. The zero-order chi connectivity index (χ0) is 13.0. The van der Waals surface area contributed by atoms with Gasteiger partial charge < -0.3 is 10.2 Å². The number of nitrogens with zero attached hydrogens (tertiary/aromatic N) is 1. The topological polar surface area (TPSA) is 43.7 Å². The number of phenolic OH excluding ortho intramolecular Hbond substituents is 2. The summed E-state index contributed by atoms with van der Waals surface area (Å²) >= 11 is 0. The lowest BCUT2D eigenvalue weighted by Crippen LogP contribution is -2.47. The minimum absolute atomic E-state index is 0.0343. The Balaban J connectivity index is 1.72. The molecule has 3 nitrogen and oxygen atoms in total. The first kappa shape index (κ1) is 11.6. The van der Waals surface area contributed by atoms with Gasteiger partial charge in [-0.25, -0.2) is 0 Å². The summed E-state index contributed by atoms with van der Waals surface area (Å²) in [6.45, 7) is 1.26. The minimum atomic E-state index is 0.0343. The molecular formula is C16H21NO2. The van der Waals surface area contributed by atoms with Crippen molar-refractivity contribution in [1.29, 1.82) is 0 Å². The van der Waals surface area contributed by atoms with E-state index in [-0.39, 0.29) is 11.5 Å². The highest BCUT2D eigenvalue weighted by atomic mass is 16.3. The number of hydrogen-bond acceptors (Lipinski definition) is 3. The summed E-state index contributed by atoms with van der Waals surface area (Å²) < 4.78 is 0. The Bertz CT molecular complexity index is 510. The zero-order valence-corrected chi connectivity index (χ0v) is 11.2. The highest BCUT2D eigenvalue weighted by Crippen LogP contribution is 2.47. The highest BCUT2D eigenvalue weighted by Gasteiger charge is 2.42. The Hall–Kier alpha value is -1.22. The van der Waals surface area contributed by atoms with Gasteiger partial charge in [0.05, 0.1) is 0 Å². The zero-order valence-electron chi connectivity index (χ0n) is 11.2. The monoisotopic (exact) mass is 259 g/mol. The van der Waals surface area contributed by atoms with Crippen LogP contribution in [0.5, 0.6) is 11.5 Å². The second kappa shape index (κ2) is 4.14. The van der Waals surface area contributed by atoms with E-state index in [1.165, 1.54) is 37.8 Å². The summed E-state index contributed by atoms with van der Waals surface area (Å²) in [5.74, 6) is 0.719. The van der Waals surface area contributed by atoms with Crippen LogP contribution in [0.25, 0.3) is 0 Å². The van der Waals surface area contributed by atoms with Gasteiger partial charge in [-0.05, 0) is 62.6 Å². The maximum Gasteiger partial charge on any atom is 0.160 e. The van der Waals surface area contributed by atoms with Crippen molar-refractivity contribution in [3.8, 4) is 11.5 Å². The van der Waals surface area contributed by atoms with E-state index in [2.05, 4.69) is 4.90 Å². The lowest BCUT2D eigenvalue weighted by Gasteiger charge is -2.45. The molecule has 3 aliphatic rings. The first-order valence-electron chi connectivity index (χ1n) is 7.55. The van der Waals surface area contributed by atoms with Gasteiger partial charge in [-0.3, -0.25) is 4.90 Å². The Morgan fingerprint density at radius 1 is 1.05 bits per heavy atom. The highest BCUT2D eigenvalue weighted by molar-refractivity contribution is 5.52. The predicted molar refractivity (Wildman–Crippen MR) is 73.6 cm³/mol. The molecule has 1 aromatic carbocycles. The number of fused-ring (bicyclic) bond motifs is 3. The van der Waals surface area contributed by atoms with Gasteiger partial charge in [0.25, 0.3) is 0 Å². The van der Waals surface area contributed by atoms with E-state index in [1.54, 1.807) is 6.07 Å². The van der Waals surface area contributed by atoms with Crippen LogP contribution in [0, 0.1) is 0 Å². The molecule has 2 aliphatic carbocycles. The molecule has 2 atom stereocenters. The quantitative estimate of drug-likeness (QED) is 0.762. The fraction of sp³-hybridized carbons (Fsp3) is 0.625. The van der Waals surface area contributed by atoms with Crippen LogP contribution < -0.4 is 0 Å². The molecule has 3 heteroatoms. The largest absolute Gasteiger partial charge is 0.504 e. The molecule has 0 spiro atoms. The Kier molecular flexibility index (Phi) is 2.52. The third-order valence-corrected chi connectivity index (χ3v) is 5.23. The van der Waals surface area contributed by atoms with Crippen molar-refractivity contribution < 1.29 is 10.2 Å². The molecular weight excluding hydrogens is 238 g/mol. The van der Waals surface area contributed by atoms with Crippen molar-refractivity contribution in [2.24, 2.45) is 0 Å². The SMILES string of the molecule is Oc1ccc2c(c1O)CC[C@H]1[C@H]2CCCN1C1CC1. The lowest BCUT2D eigenvalue weighted by molar-refractivity contribution is 0.104. The number of likely N-dealkylation sites (tertiary alicyclic amines) is 1. The van der Waals surface area contributed by atoms with Crippen molar-refractivity contribution in [2.75, 3.05) is 6.54 Å². The van der Waals surface area contributed by atoms with Crippen molar-refractivity contribution >= 4 is 0 Å². The van der Waals surface area contributed by atoms with Gasteiger partial charge >= 0.3 is 0 Å². The molecule has 1 saturated carbocycles. The first-order valence-corrected chi connectivity index (χ1v) is 7.55. The lowest BCUT2D eigenvalue weighted by atomic mass is 9.74. The molecule has 1 heterocycles. The average Bonchev–Trinajstić information content (AvgIpc) is 3.26. The van der Waals surface area contributed by atoms with Crippen LogP contribution in [0.3, 0.4) is 0 Å². The molecule has 0 aromatic heterocycles. The van der Waals surface area contributed by atoms with E-state index in [1.807, 2.05) is 6.07 Å². The Labute approximate surface area is 113 Å². The van der Waals surface area contributed by atoms with Gasteiger partial charge in [0.1, 0.15) is 0 Å². The van der Waals surface area contributed by atoms with Crippen LogP contribution in [-0.2, 0) is 6.42 Å². The van der Waals surface area contributed by atoms with Crippen molar-refractivity contribution in [2.45, 2.75) is 56.5 Å². The molecule has 19 heavy (non-hydrogen) atoms. The van der Waals surface area contributed by atoms with E-state index in [0.717, 1.165) is 24.4 Å². The van der Waals surface area contributed by atoms with E-state index in [0.29, 0.717) is 12.0 Å². The van der Waals surface area contributed by atoms with E-state index in [4.69, 9.17) is 0 Å². The van der Waals surface area contributed by atoms with Crippen LogP contribution in [-0.4, -0.2) is 33.7 Å². The summed E-state index contributed by atoms with van der Waals surface area (Å²) in [7, 11) is 0. The number of rotatable bonds is 1. The molecule has 1 aliphatic heterocycles. The third kappa shape index (κ3) is 1.75. The number of hydrogen-bond donors (Lipinski definition) is 2. The van der Waals surface area contributed by atoms with Gasteiger partial charge in [-0.2, -0.15) is 0 Å². The second-order valence-electron chi connectivity index (χ2n) is 6.32. The first-order chi connectivity index (χ1) is 9.25. The molecule has 1 saturated heterocycles. The smallest absolute Gasteiger partial charge is 0.160 e. The average molecular weight is 259 g/mol. The Morgan fingerprint density at radius 2 is 1.89 bits per heavy atom. The van der Waals surface area contributed by atoms with E-state index < -0.39 is 0 Å². The van der Waals surface area contributed by atoms with Crippen LogP contribution in [0.1, 0.15) is 49.1 Å². The number of benzene rings is 1.